The van der Waals surface area contributed by atoms with Gasteiger partial charge in [0.05, 0.1) is 13.0 Å². The van der Waals surface area contributed by atoms with Gasteiger partial charge in [-0.3, -0.25) is 9.59 Å². The molecule has 4 saturated carbocycles. The van der Waals surface area contributed by atoms with Crippen LogP contribution in [0.3, 0.4) is 0 Å². The first kappa shape index (κ1) is 18.0. The Morgan fingerprint density at radius 3 is 2.50 bits per heavy atom. The van der Waals surface area contributed by atoms with Gasteiger partial charge in [0.2, 0.25) is 0 Å². The van der Waals surface area contributed by atoms with Crippen LogP contribution in [0.25, 0.3) is 0 Å². The van der Waals surface area contributed by atoms with Crippen LogP contribution < -0.4 is 10.9 Å². The zero-order valence-electron chi connectivity index (χ0n) is 15.1. The lowest BCUT2D eigenvalue weighted by molar-refractivity contribution is -0.152. The van der Waals surface area contributed by atoms with Crippen LogP contribution in [0.2, 0.25) is 0 Å². The third-order valence-electron chi connectivity index (χ3n) is 6.62. The molecule has 0 radical (unpaired) electrons. The molecule has 6 nitrogen and oxygen atoms in total. The summed E-state index contributed by atoms with van der Waals surface area (Å²) >= 11 is 3.46. The summed E-state index contributed by atoms with van der Waals surface area (Å²) in [4.78, 5) is 29.9. The second kappa shape index (κ2) is 7.33. The number of hydrogen-bond acceptors (Lipinski definition) is 5. The van der Waals surface area contributed by atoms with Gasteiger partial charge in [0, 0.05) is 18.3 Å². The lowest BCUT2D eigenvalue weighted by Gasteiger charge is -2.47. The fraction of sp³-hybridized carbons (Fsp3) is 0.737. The molecule has 4 aliphatic rings. The van der Waals surface area contributed by atoms with Crippen LogP contribution in [-0.4, -0.2) is 28.7 Å². The molecule has 0 saturated heterocycles. The molecular formula is C19H26BrN3O3. The van der Waals surface area contributed by atoms with Gasteiger partial charge in [-0.2, -0.15) is 0 Å². The average molecular weight is 424 g/mol. The Morgan fingerprint density at radius 1 is 1.19 bits per heavy atom. The lowest BCUT2D eigenvalue weighted by atomic mass is 9.61. The van der Waals surface area contributed by atoms with Crippen molar-refractivity contribution in [1.29, 1.82) is 0 Å². The minimum atomic E-state index is -0.187. The molecule has 142 valence electrons. The number of halogens is 1. The lowest BCUT2D eigenvalue weighted by Crippen LogP contribution is -2.52. The number of anilines is 1. The summed E-state index contributed by atoms with van der Waals surface area (Å²) in [5, 5.41) is 3.38. The summed E-state index contributed by atoms with van der Waals surface area (Å²) in [5.74, 6) is 0.742. The molecule has 2 bridgehead atoms. The SMILES string of the molecule is COC(=O)[C@H]1C2CCC(CC2)[C@@H]1Nc1nc(Br)cn(C2CCCC2)c1=O. The second-order valence-corrected chi connectivity index (χ2v) is 8.77. The maximum Gasteiger partial charge on any atom is 0.311 e. The van der Waals surface area contributed by atoms with Crippen molar-refractivity contribution in [1.82, 2.24) is 9.55 Å². The Labute approximate surface area is 161 Å². The minimum Gasteiger partial charge on any atom is -0.469 e. The Bertz CT molecular complexity index is 736. The van der Waals surface area contributed by atoms with Gasteiger partial charge >= 0.3 is 5.97 Å². The minimum absolute atomic E-state index is 0.0681. The number of fused-ring (bicyclic) bond motifs is 3. The third-order valence-corrected chi connectivity index (χ3v) is 7.00. The summed E-state index contributed by atoms with van der Waals surface area (Å²) in [5.41, 5.74) is -0.0786. The van der Waals surface area contributed by atoms with Gasteiger partial charge in [0.1, 0.15) is 4.60 Å². The van der Waals surface area contributed by atoms with Crippen LogP contribution in [0, 0.1) is 17.8 Å². The first-order chi connectivity index (χ1) is 12.6. The quantitative estimate of drug-likeness (QED) is 0.749. The molecule has 0 unspecified atom stereocenters. The molecule has 4 aliphatic carbocycles. The topological polar surface area (TPSA) is 73.2 Å². The molecule has 26 heavy (non-hydrogen) atoms. The number of esters is 1. The normalized spacial score (nSPS) is 31.2. The van der Waals surface area contributed by atoms with Gasteiger partial charge in [-0.25, -0.2) is 4.98 Å². The summed E-state index contributed by atoms with van der Waals surface area (Å²) in [6.45, 7) is 0. The number of methoxy groups -OCH3 is 1. The molecule has 1 heterocycles. The van der Waals surface area contributed by atoms with Crippen LogP contribution in [0.5, 0.6) is 0 Å². The molecule has 0 aromatic carbocycles. The number of carbonyl (C=O) groups excluding carboxylic acids is 1. The van der Waals surface area contributed by atoms with E-state index in [0.29, 0.717) is 22.3 Å². The highest BCUT2D eigenvalue weighted by Crippen LogP contribution is 2.46. The standard InChI is InChI=1S/C19H26BrN3O3/c1-26-19(25)15-11-6-8-12(9-7-11)16(15)22-17-18(24)23(10-14(20)21-17)13-4-2-3-5-13/h10-13,15-16H,2-9H2,1H3,(H,21,22)/t11?,12?,15-,16-/m0/s1. The van der Waals surface area contributed by atoms with Gasteiger partial charge < -0.3 is 14.6 Å². The second-order valence-electron chi connectivity index (χ2n) is 7.96. The predicted molar refractivity (Wildman–Crippen MR) is 102 cm³/mol. The molecule has 1 aromatic rings. The van der Waals surface area contributed by atoms with E-state index in [1.54, 1.807) is 6.20 Å². The van der Waals surface area contributed by atoms with Crippen molar-refractivity contribution in [2.24, 2.45) is 17.8 Å². The van der Waals surface area contributed by atoms with Crippen molar-refractivity contribution in [3.05, 3.63) is 21.2 Å². The van der Waals surface area contributed by atoms with E-state index in [4.69, 9.17) is 4.74 Å². The summed E-state index contributed by atoms with van der Waals surface area (Å²) < 4.78 is 7.55. The molecule has 0 aliphatic heterocycles. The summed E-state index contributed by atoms with van der Waals surface area (Å²) in [6, 6.07) is 0.183. The summed E-state index contributed by atoms with van der Waals surface area (Å²) in [6.07, 6.45) is 10.5. The van der Waals surface area contributed by atoms with Crippen LogP contribution in [0.4, 0.5) is 5.82 Å². The van der Waals surface area contributed by atoms with E-state index in [9.17, 15) is 9.59 Å². The Kier molecular flexibility index (Phi) is 5.08. The predicted octanol–water partition coefficient (Wildman–Crippen LogP) is 3.51. The number of aromatic nitrogens is 2. The van der Waals surface area contributed by atoms with Gasteiger partial charge in [-0.05, 0) is 66.3 Å². The largest absolute Gasteiger partial charge is 0.469 e. The van der Waals surface area contributed by atoms with E-state index in [0.717, 1.165) is 51.4 Å². The highest BCUT2D eigenvalue weighted by atomic mass is 79.9. The van der Waals surface area contributed by atoms with Crippen molar-refractivity contribution < 1.29 is 9.53 Å². The first-order valence-electron chi connectivity index (χ1n) is 9.71. The van der Waals surface area contributed by atoms with Crippen molar-refractivity contribution in [3.8, 4) is 0 Å². The van der Waals surface area contributed by atoms with Gasteiger partial charge in [0.15, 0.2) is 5.82 Å². The van der Waals surface area contributed by atoms with Crippen molar-refractivity contribution in [3.63, 3.8) is 0 Å². The van der Waals surface area contributed by atoms with Crippen LogP contribution in [0.15, 0.2) is 15.6 Å². The highest BCUT2D eigenvalue weighted by molar-refractivity contribution is 9.10. The number of nitrogens with zero attached hydrogens (tertiary/aromatic N) is 2. The molecule has 5 rings (SSSR count). The molecule has 4 fully saturated rings. The Hall–Kier alpha value is -1.37. The van der Waals surface area contributed by atoms with E-state index >= 15 is 0 Å². The van der Waals surface area contributed by atoms with Gasteiger partial charge in [-0.1, -0.05) is 12.8 Å². The van der Waals surface area contributed by atoms with Crippen molar-refractivity contribution in [2.75, 3.05) is 12.4 Å². The average Bonchev–Trinajstić information content (AvgIpc) is 3.19. The molecule has 0 spiro atoms. The molecule has 1 N–H and O–H groups in total. The smallest absolute Gasteiger partial charge is 0.311 e. The van der Waals surface area contributed by atoms with Crippen LogP contribution in [0.1, 0.15) is 57.4 Å². The zero-order chi connectivity index (χ0) is 18.3. The van der Waals surface area contributed by atoms with Gasteiger partial charge in [-0.15, -0.1) is 0 Å². The van der Waals surface area contributed by atoms with Crippen molar-refractivity contribution in [2.45, 2.75) is 63.5 Å². The van der Waals surface area contributed by atoms with Crippen LogP contribution in [-0.2, 0) is 9.53 Å². The monoisotopic (exact) mass is 423 g/mol. The Balaban J connectivity index is 1.65. The third kappa shape index (κ3) is 3.19. The number of ether oxygens (including phenoxy) is 1. The number of carbonyl (C=O) groups is 1. The number of hydrogen-bond donors (Lipinski definition) is 1. The van der Waals surface area contributed by atoms with Crippen molar-refractivity contribution >= 4 is 27.7 Å². The van der Waals surface area contributed by atoms with E-state index in [1.165, 1.54) is 7.11 Å². The van der Waals surface area contributed by atoms with Crippen LogP contribution >= 0.6 is 15.9 Å². The molecule has 7 heteroatoms. The Morgan fingerprint density at radius 2 is 1.85 bits per heavy atom. The fourth-order valence-corrected chi connectivity index (χ4v) is 5.72. The van der Waals surface area contributed by atoms with E-state index in [2.05, 4.69) is 26.2 Å². The molecule has 0 amide bonds. The molecule has 2 atom stereocenters. The number of rotatable bonds is 4. The highest BCUT2D eigenvalue weighted by Gasteiger charge is 2.48. The van der Waals surface area contributed by atoms with E-state index in [-0.39, 0.29) is 29.5 Å². The maximum atomic E-state index is 13.0. The van der Waals surface area contributed by atoms with Gasteiger partial charge in [0.25, 0.3) is 5.56 Å². The maximum absolute atomic E-state index is 13.0. The van der Waals surface area contributed by atoms with E-state index in [1.807, 2.05) is 4.57 Å². The van der Waals surface area contributed by atoms with E-state index < -0.39 is 0 Å². The fourth-order valence-electron chi connectivity index (χ4n) is 5.32. The molecular weight excluding hydrogens is 398 g/mol. The zero-order valence-corrected chi connectivity index (χ0v) is 16.7. The number of nitrogens with one attached hydrogen (secondary N) is 1. The first-order valence-corrected chi connectivity index (χ1v) is 10.5. The molecule has 1 aromatic heterocycles. The summed E-state index contributed by atoms with van der Waals surface area (Å²) in [7, 11) is 1.45.